The zero-order valence-electron chi connectivity index (χ0n) is 12.1. The smallest absolute Gasteiger partial charge is 0.261 e. The molecule has 0 heterocycles. The van der Waals surface area contributed by atoms with Crippen LogP contribution in [0.2, 0.25) is 0 Å². The molecule has 0 saturated carbocycles. The molecule has 114 valence electrons. The van der Waals surface area contributed by atoms with Crippen molar-refractivity contribution >= 4 is 44.9 Å². The summed E-state index contributed by atoms with van der Waals surface area (Å²) in [5.41, 5.74) is 2.38. The Morgan fingerprint density at radius 3 is 2.50 bits per heavy atom. The van der Waals surface area contributed by atoms with E-state index in [1.165, 1.54) is 7.11 Å². The lowest BCUT2D eigenvalue weighted by Crippen LogP contribution is -2.34. The number of hydrogen-bond acceptors (Lipinski definition) is 3. The van der Waals surface area contributed by atoms with Gasteiger partial charge in [0.15, 0.2) is 5.11 Å². The number of carbonyl (C=O) groups excluding carboxylic acids is 1. The molecule has 0 spiro atoms. The summed E-state index contributed by atoms with van der Waals surface area (Å²) in [4.78, 5) is 12.3. The molecule has 0 saturated heterocycles. The molecule has 0 radical (unpaired) electrons. The molecule has 0 atom stereocenters. The fourth-order valence-corrected chi connectivity index (χ4v) is 2.40. The van der Waals surface area contributed by atoms with Gasteiger partial charge in [-0.25, -0.2) is 0 Å². The van der Waals surface area contributed by atoms with Gasteiger partial charge >= 0.3 is 0 Å². The van der Waals surface area contributed by atoms with E-state index in [1.54, 1.807) is 18.2 Å². The third-order valence-electron chi connectivity index (χ3n) is 2.94. The number of thiocarbonyl (C=S) groups is 1. The molecule has 0 aliphatic carbocycles. The Bertz CT molecular complexity index is 702. The highest BCUT2D eigenvalue weighted by molar-refractivity contribution is 9.10. The van der Waals surface area contributed by atoms with Gasteiger partial charge in [-0.3, -0.25) is 10.1 Å². The number of rotatable bonds is 3. The van der Waals surface area contributed by atoms with Crippen LogP contribution in [0, 0.1) is 6.92 Å². The van der Waals surface area contributed by atoms with Crippen molar-refractivity contribution in [1.29, 1.82) is 0 Å². The number of nitrogens with one attached hydrogen (secondary N) is 2. The molecule has 4 nitrogen and oxygen atoms in total. The number of halogens is 1. The standard InChI is InChI=1S/C16H15BrN2O2S/c1-10-3-6-12(7-4-10)18-16(22)19-15(20)13-9-11(17)5-8-14(13)21-2/h3-9H,1-2H3,(H2,18,19,20,22). The Labute approximate surface area is 143 Å². The van der Waals surface area contributed by atoms with Gasteiger partial charge < -0.3 is 10.1 Å². The van der Waals surface area contributed by atoms with Crippen molar-refractivity contribution in [3.05, 3.63) is 58.1 Å². The van der Waals surface area contributed by atoms with Crippen LogP contribution in [-0.4, -0.2) is 18.1 Å². The van der Waals surface area contributed by atoms with Gasteiger partial charge in [-0.2, -0.15) is 0 Å². The van der Waals surface area contributed by atoms with Crippen molar-refractivity contribution in [3.63, 3.8) is 0 Å². The van der Waals surface area contributed by atoms with Gasteiger partial charge in [0.25, 0.3) is 5.91 Å². The first-order valence-corrected chi connectivity index (χ1v) is 7.72. The Morgan fingerprint density at radius 1 is 1.18 bits per heavy atom. The minimum Gasteiger partial charge on any atom is -0.496 e. The van der Waals surface area contributed by atoms with Gasteiger partial charge in [-0.05, 0) is 49.5 Å². The molecular formula is C16H15BrN2O2S. The van der Waals surface area contributed by atoms with Crippen LogP contribution >= 0.6 is 28.1 Å². The van der Waals surface area contributed by atoms with Gasteiger partial charge in [0, 0.05) is 10.2 Å². The third kappa shape index (κ3) is 4.29. The van der Waals surface area contributed by atoms with E-state index in [4.69, 9.17) is 17.0 Å². The SMILES string of the molecule is COc1ccc(Br)cc1C(=O)NC(=S)Nc1ccc(C)cc1. The van der Waals surface area contributed by atoms with E-state index in [0.717, 1.165) is 15.7 Å². The lowest BCUT2D eigenvalue weighted by molar-refractivity contribution is 0.0974. The minimum absolute atomic E-state index is 0.232. The van der Waals surface area contributed by atoms with Gasteiger partial charge in [0.2, 0.25) is 0 Å². The summed E-state index contributed by atoms with van der Waals surface area (Å²) in [6.45, 7) is 2.00. The van der Waals surface area contributed by atoms with E-state index in [-0.39, 0.29) is 11.0 Å². The van der Waals surface area contributed by atoms with Crippen molar-refractivity contribution in [2.24, 2.45) is 0 Å². The van der Waals surface area contributed by atoms with E-state index >= 15 is 0 Å². The van der Waals surface area contributed by atoms with Crippen molar-refractivity contribution in [2.45, 2.75) is 6.92 Å². The van der Waals surface area contributed by atoms with Crippen LogP contribution in [0.5, 0.6) is 5.75 Å². The first kappa shape index (κ1) is 16.5. The Hall–Kier alpha value is -1.92. The summed E-state index contributed by atoms with van der Waals surface area (Å²) in [6.07, 6.45) is 0. The predicted molar refractivity (Wildman–Crippen MR) is 95.6 cm³/mol. The van der Waals surface area contributed by atoms with Crippen molar-refractivity contribution in [2.75, 3.05) is 12.4 Å². The molecule has 0 fully saturated rings. The van der Waals surface area contributed by atoms with Crippen molar-refractivity contribution < 1.29 is 9.53 Å². The molecule has 6 heteroatoms. The first-order valence-electron chi connectivity index (χ1n) is 6.52. The molecule has 0 aliphatic rings. The quantitative estimate of drug-likeness (QED) is 0.795. The Kier molecular flexibility index (Phi) is 5.51. The zero-order valence-corrected chi connectivity index (χ0v) is 14.5. The lowest BCUT2D eigenvalue weighted by Gasteiger charge is -2.12. The molecule has 0 bridgehead atoms. The second-order valence-corrected chi connectivity index (χ2v) is 5.94. The number of carbonyl (C=O) groups is 1. The van der Waals surface area contributed by atoms with Crippen LogP contribution in [0.1, 0.15) is 15.9 Å². The molecule has 1 amide bonds. The van der Waals surface area contributed by atoms with Crippen LogP contribution in [-0.2, 0) is 0 Å². The molecule has 2 rings (SSSR count). The Balaban J connectivity index is 2.06. The van der Waals surface area contributed by atoms with E-state index in [9.17, 15) is 4.79 Å². The zero-order chi connectivity index (χ0) is 16.1. The maximum Gasteiger partial charge on any atom is 0.261 e. The summed E-state index contributed by atoms with van der Waals surface area (Å²) in [7, 11) is 1.52. The highest BCUT2D eigenvalue weighted by Crippen LogP contribution is 2.22. The van der Waals surface area contributed by atoms with Crippen molar-refractivity contribution in [1.82, 2.24) is 5.32 Å². The van der Waals surface area contributed by atoms with Crippen LogP contribution in [0.15, 0.2) is 46.9 Å². The maximum atomic E-state index is 12.3. The highest BCUT2D eigenvalue weighted by Gasteiger charge is 2.14. The number of benzene rings is 2. The monoisotopic (exact) mass is 378 g/mol. The second kappa shape index (κ2) is 7.38. The van der Waals surface area contributed by atoms with E-state index in [2.05, 4.69) is 26.6 Å². The number of ether oxygens (including phenoxy) is 1. The fraction of sp³-hybridized carbons (Fsp3) is 0.125. The van der Waals surface area contributed by atoms with Crippen LogP contribution < -0.4 is 15.4 Å². The molecule has 2 N–H and O–H groups in total. The first-order chi connectivity index (χ1) is 10.5. The number of aryl methyl sites for hydroxylation is 1. The van der Waals surface area contributed by atoms with Gasteiger partial charge in [0.05, 0.1) is 12.7 Å². The van der Waals surface area contributed by atoms with E-state index in [0.29, 0.717) is 11.3 Å². The lowest BCUT2D eigenvalue weighted by atomic mass is 10.2. The largest absolute Gasteiger partial charge is 0.496 e. The van der Waals surface area contributed by atoms with Crippen LogP contribution in [0.4, 0.5) is 5.69 Å². The summed E-state index contributed by atoms with van der Waals surface area (Å²) in [5.74, 6) is 0.154. The molecular weight excluding hydrogens is 364 g/mol. The van der Waals surface area contributed by atoms with Gasteiger partial charge in [0.1, 0.15) is 5.75 Å². The van der Waals surface area contributed by atoms with Gasteiger partial charge in [-0.15, -0.1) is 0 Å². The summed E-state index contributed by atoms with van der Waals surface area (Å²) in [5, 5.41) is 5.84. The van der Waals surface area contributed by atoms with Crippen molar-refractivity contribution in [3.8, 4) is 5.75 Å². The summed E-state index contributed by atoms with van der Waals surface area (Å²) < 4.78 is 5.98. The summed E-state index contributed by atoms with van der Waals surface area (Å²) in [6, 6.07) is 12.9. The Morgan fingerprint density at radius 2 is 1.86 bits per heavy atom. The normalized spacial score (nSPS) is 9.95. The molecule has 2 aromatic rings. The average Bonchev–Trinajstić information content (AvgIpc) is 2.49. The minimum atomic E-state index is -0.331. The fourth-order valence-electron chi connectivity index (χ4n) is 1.83. The third-order valence-corrected chi connectivity index (χ3v) is 3.64. The van der Waals surface area contributed by atoms with Gasteiger partial charge in [-0.1, -0.05) is 33.6 Å². The van der Waals surface area contributed by atoms with E-state index < -0.39 is 0 Å². The topological polar surface area (TPSA) is 50.4 Å². The second-order valence-electron chi connectivity index (χ2n) is 4.62. The van der Waals surface area contributed by atoms with E-state index in [1.807, 2.05) is 31.2 Å². The summed E-state index contributed by atoms with van der Waals surface area (Å²) >= 11 is 8.50. The molecule has 2 aromatic carbocycles. The van der Waals surface area contributed by atoms with Crippen LogP contribution in [0.25, 0.3) is 0 Å². The highest BCUT2D eigenvalue weighted by atomic mass is 79.9. The number of anilines is 1. The molecule has 0 aliphatic heterocycles. The molecule has 0 aromatic heterocycles. The molecule has 22 heavy (non-hydrogen) atoms. The average molecular weight is 379 g/mol. The molecule has 0 unspecified atom stereocenters. The number of methoxy groups -OCH3 is 1. The number of hydrogen-bond donors (Lipinski definition) is 2. The maximum absolute atomic E-state index is 12.3. The van der Waals surface area contributed by atoms with Crippen LogP contribution in [0.3, 0.4) is 0 Å². The predicted octanol–water partition coefficient (Wildman–Crippen LogP) is 3.89. The number of amides is 1.